The number of benzene rings is 1. The van der Waals surface area contributed by atoms with Gasteiger partial charge in [0, 0.05) is 13.1 Å². The summed E-state index contributed by atoms with van der Waals surface area (Å²) in [5, 5.41) is 2.69. The van der Waals surface area contributed by atoms with Crippen LogP contribution in [0.25, 0.3) is 0 Å². The summed E-state index contributed by atoms with van der Waals surface area (Å²) in [5.74, 6) is 0.621. The summed E-state index contributed by atoms with van der Waals surface area (Å²) in [6.45, 7) is 3.61. The molecule has 0 atom stereocenters. The molecule has 1 aliphatic rings. The molecule has 102 valence electrons. The summed E-state index contributed by atoms with van der Waals surface area (Å²) in [5.41, 5.74) is 1.17. The van der Waals surface area contributed by atoms with E-state index in [9.17, 15) is 9.59 Å². The van der Waals surface area contributed by atoms with Crippen LogP contribution in [0, 0.1) is 6.92 Å². The summed E-state index contributed by atoms with van der Waals surface area (Å²) in [6, 6.07) is 7.69. The lowest BCUT2D eigenvalue weighted by molar-refractivity contribution is -0.138. The molecule has 1 fully saturated rings. The molecule has 0 spiro atoms. The Balaban J connectivity index is 1.74. The monoisotopic (exact) mass is 262 g/mol. The molecular formula is C14H18N2O3. The molecule has 1 saturated heterocycles. The van der Waals surface area contributed by atoms with Crippen LogP contribution >= 0.6 is 0 Å². The van der Waals surface area contributed by atoms with E-state index in [4.69, 9.17) is 4.74 Å². The Morgan fingerprint density at radius 3 is 2.79 bits per heavy atom. The first-order valence-electron chi connectivity index (χ1n) is 6.39. The molecule has 0 bridgehead atoms. The topological polar surface area (TPSA) is 58.6 Å². The maximum atomic E-state index is 11.9. The summed E-state index contributed by atoms with van der Waals surface area (Å²) in [7, 11) is 0. The van der Waals surface area contributed by atoms with Crippen LogP contribution in [-0.2, 0) is 9.59 Å². The quantitative estimate of drug-likeness (QED) is 0.870. The zero-order valence-electron chi connectivity index (χ0n) is 11.0. The lowest BCUT2D eigenvalue weighted by Crippen LogP contribution is -2.50. The predicted octanol–water partition coefficient (Wildman–Crippen LogP) is 0.722. The Labute approximate surface area is 112 Å². The SMILES string of the molecule is Cc1ccc(OCCC(=O)N2CCNC(=O)C2)cc1. The normalized spacial score (nSPS) is 15.0. The van der Waals surface area contributed by atoms with E-state index in [2.05, 4.69) is 5.32 Å². The van der Waals surface area contributed by atoms with Gasteiger partial charge in [0.1, 0.15) is 5.75 Å². The molecule has 2 amide bonds. The van der Waals surface area contributed by atoms with Crippen molar-refractivity contribution in [2.45, 2.75) is 13.3 Å². The van der Waals surface area contributed by atoms with Crippen molar-refractivity contribution in [2.75, 3.05) is 26.2 Å². The van der Waals surface area contributed by atoms with Crippen molar-refractivity contribution in [1.29, 1.82) is 0 Å². The van der Waals surface area contributed by atoms with Crippen LogP contribution in [-0.4, -0.2) is 43.0 Å². The van der Waals surface area contributed by atoms with Gasteiger partial charge in [0.05, 0.1) is 19.6 Å². The molecule has 1 N–H and O–H groups in total. The summed E-state index contributed by atoms with van der Waals surface area (Å²) >= 11 is 0. The van der Waals surface area contributed by atoms with Crippen molar-refractivity contribution in [1.82, 2.24) is 10.2 Å². The van der Waals surface area contributed by atoms with E-state index in [1.165, 1.54) is 5.56 Å². The Morgan fingerprint density at radius 1 is 1.37 bits per heavy atom. The Morgan fingerprint density at radius 2 is 2.11 bits per heavy atom. The number of carbonyl (C=O) groups is 2. The molecule has 5 nitrogen and oxygen atoms in total. The number of ether oxygens (including phenoxy) is 1. The molecule has 0 aromatic heterocycles. The van der Waals surface area contributed by atoms with E-state index in [1.807, 2.05) is 31.2 Å². The van der Waals surface area contributed by atoms with Crippen LogP contribution in [0.2, 0.25) is 0 Å². The molecule has 0 radical (unpaired) electrons. The van der Waals surface area contributed by atoms with Gasteiger partial charge in [0.2, 0.25) is 11.8 Å². The predicted molar refractivity (Wildman–Crippen MR) is 70.9 cm³/mol. The van der Waals surface area contributed by atoms with E-state index in [0.717, 1.165) is 5.75 Å². The third-order valence-corrected chi connectivity index (χ3v) is 3.00. The van der Waals surface area contributed by atoms with Gasteiger partial charge in [-0.3, -0.25) is 9.59 Å². The summed E-state index contributed by atoms with van der Waals surface area (Å²) in [4.78, 5) is 24.6. The fraction of sp³-hybridized carbons (Fsp3) is 0.429. The van der Waals surface area contributed by atoms with E-state index < -0.39 is 0 Å². The van der Waals surface area contributed by atoms with Gasteiger partial charge in [-0.25, -0.2) is 0 Å². The largest absolute Gasteiger partial charge is 0.493 e. The van der Waals surface area contributed by atoms with Crippen molar-refractivity contribution in [3.05, 3.63) is 29.8 Å². The van der Waals surface area contributed by atoms with Crippen LogP contribution in [0.3, 0.4) is 0 Å². The van der Waals surface area contributed by atoms with E-state index >= 15 is 0 Å². The smallest absolute Gasteiger partial charge is 0.239 e. The molecule has 1 aromatic carbocycles. The first-order chi connectivity index (χ1) is 9.15. The first kappa shape index (κ1) is 13.4. The highest BCUT2D eigenvalue weighted by Gasteiger charge is 2.20. The van der Waals surface area contributed by atoms with Crippen LogP contribution in [0.15, 0.2) is 24.3 Å². The van der Waals surface area contributed by atoms with Gasteiger partial charge in [-0.05, 0) is 19.1 Å². The van der Waals surface area contributed by atoms with Gasteiger partial charge in [-0.2, -0.15) is 0 Å². The average molecular weight is 262 g/mol. The summed E-state index contributed by atoms with van der Waals surface area (Å²) in [6.07, 6.45) is 0.293. The highest BCUT2D eigenvalue weighted by atomic mass is 16.5. The van der Waals surface area contributed by atoms with Crippen molar-refractivity contribution in [2.24, 2.45) is 0 Å². The molecule has 1 aromatic rings. The number of hydrogen-bond acceptors (Lipinski definition) is 3. The zero-order chi connectivity index (χ0) is 13.7. The second kappa shape index (κ2) is 6.22. The van der Waals surface area contributed by atoms with Crippen LogP contribution in [0.4, 0.5) is 0 Å². The number of carbonyl (C=O) groups excluding carboxylic acids is 2. The van der Waals surface area contributed by atoms with Gasteiger partial charge in [0.25, 0.3) is 0 Å². The minimum Gasteiger partial charge on any atom is -0.493 e. The number of aryl methyl sites for hydroxylation is 1. The third kappa shape index (κ3) is 3.98. The molecule has 1 aliphatic heterocycles. The molecule has 0 unspecified atom stereocenters. The standard InChI is InChI=1S/C14H18N2O3/c1-11-2-4-12(5-3-11)19-9-6-14(18)16-8-7-15-13(17)10-16/h2-5H,6-10H2,1H3,(H,15,17). The highest BCUT2D eigenvalue weighted by Crippen LogP contribution is 2.11. The third-order valence-electron chi connectivity index (χ3n) is 3.00. The Kier molecular flexibility index (Phi) is 4.39. The van der Waals surface area contributed by atoms with Gasteiger partial charge < -0.3 is 15.0 Å². The number of hydrogen-bond donors (Lipinski definition) is 1. The van der Waals surface area contributed by atoms with Crippen molar-refractivity contribution >= 4 is 11.8 Å². The lowest BCUT2D eigenvalue weighted by atomic mass is 10.2. The zero-order valence-corrected chi connectivity index (χ0v) is 11.0. The van der Waals surface area contributed by atoms with Gasteiger partial charge in [-0.15, -0.1) is 0 Å². The van der Waals surface area contributed by atoms with E-state index in [1.54, 1.807) is 4.90 Å². The second-order valence-corrected chi connectivity index (χ2v) is 4.58. The highest BCUT2D eigenvalue weighted by molar-refractivity contribution is 5.85. The number of rotatable bonds is 4. The lowest BCUT2D eigenvalue weighted by Gasteiger charge is -2.26. The number of nitrogens with zero attached hydrogens (tertiary/aromatic N) is 1. The molecule has 2 rings (SSSR count). The van der Waals surface area contributed by atoms with Gasteiger partial charge in [0.15, 0.2) is 0 Å². The van der Waals surface area contributed by atoms with Crippen molar-refractivity contribution in [3.63, 3.8) is 0 Å². The van der Waals surface area contributed by atoms with Gasteiger partial charge in [-0.1, -0.05) is 17.7 Å². The van der Waals surface area contributed by atoms with Crippen LogP contribution in [0.5, 0.6) is 5.75 Å². The molecule has 1 heterocycles. The Hall–Kier alpha value is -2.04. The fourth-order valence-electron chi connectivity index (χ4n) is 1.90. The summed E-state index contributed by atoms with van der Waals surface area (Å²) < 4.78 is 5.50. The van der Waals surface area contributed by atoms with Gasteiger partial charge >= 0.3 is 0 Å². The minimum atomic E-state index is -0.0981. The van der Waals surface area contributed by atoms with Crippen molar-refractivity contribution in [3.8, 4) is 5.75 Å². The maximum Gasteiger partial charge on any atom is 0.239 e. The van der Waals surface area contributed by atoms with E-state index in [-0.39, 0.29) is 18.4 Å². The van der Waals surface area contributed by atoms with E-state index in [0.29, 0.717) is 26.1 Å². The minimum absolute atomic E-state index is 0.0399. The molecular weight excluding hydrogens is 244 g/mol. The Bertz CT molecular complexity index is 456. The van der Waals surface area contributed by atoms with Crippen LogP contribution in [0.1, 0.15) is 12.0 Å². The fourth-order valence-corrected chi connectivity index (χ4v) is 1.90. The molecule has 0 aliphatic carbocycles. The molecule has 0 saturated carbocycles. The number of piperazine rings is 1. The molecule has 19 heavy (non-hydrogen) atoms. The van der Waals surface area contributed by atoms with Crippen LogP contribution < -0.4 is 10.1 Å². The average Bonchev–Trinajstić information content (AvgIpc) is 2.41. The number of nitrogens with one attached hydrogen (secondary N) is 1. The van der Waals surface area contributed by atoms with Crippen molar-refractivity contribution < 1.29 is 14.3 Å². The first-order valence-corrected chi connectivity index (χ1v) is 6.39. The second-order valence-electron chi connectivity index (χ2n) is 4.58. The maximum absolute atomic E-state index is 11.9. The number of amides is 2. The molecule has 5 heteroatoms.